The number of ether oxygens (including phenoxy) is 2. The summed E-state index contributed by atoms with van der Waals surface area (Å²) in [6.07, 6.45) is 2.22. The highest BCUT2D eigenvalue weighted by atomic mass is 16.5. The molecule has 0 spiro atoms. The maximum absolute atomic E-state index is 8.94. The molecule has 5 N–H and O–H groups in total. The Labute approximate surface area is 182 Å². The lowest BCUT2D eigenvalue weighted by Gasteiger charge is -2.20. The van der Waals surface area contributed by atoms with Crippen LogP contribution in [0.15, 0.2) is 54.7 Å². The number of aromatic nitrogens is 1. The topological polar surface area (TPSA) is 116 Å². The summed E-state index contributed by atoms with van der Waals surface area (Å²) in [5, 5.41) is 1.57. The lowest BCUT2D eigenvalue weighted by Crippen LogP contribution is -2.26. The first kappa shape index (κ1) is 23.7. The first-order valence-electron chi connectivity index (χ1n) is 9.62. The zero-order valence-corrected chi connectivity index (χ0v) is 18.3. The van der Waals surface area contributed by atoms with Crippen LogP contribution in [-0.4, -0.2) is 25.6 Å². The van der Waals surface area contributed by atoms with Crippen molar-refractivity contribution in [3.05, 3.63) is 71.4 Å². The number of hydrogen-bond acceptors (Lipinski definition) is 7. The number of carbonyl (C=O) groups is 1. The van der Waals surface area contributed by atoms with E-state index in [1.54, 1.807) is 24.6 Å². The van der Waals surface area contributed by atoms with Crippen molar-refractivity contribution in [2.24, 2.45) is 11.7 Å². The van der Waals surface area contributed by atoms with Gasteiger partial charge in [0, 0.05) is 18.8 Å². The van der Waals surface area contributed by atoms with Crippen molar-refractivity contribution in [3.8, 4) is 22.8 Å². The van der Waals surface area contributed by atoms with Crippen LogP contribution >= 0.6 is 0 Å². The van der Waals surface area contributed by atoms with Crippen molar-refractivity contribution < 1.29 is 14.3 Å². The third-order valence-corrected chi connectivity index (χ3v) is 4.61. The summed E-state index contributed by atoms with van der Waals surface area (Å²) in [5.41, 5.74) is 7.80. The minimum absolute atomic E-state index is 0.365. The number of nitrogens with zero attached hydrogens (tertiary/aromatic N) is 2. The third-order valence-electron chi connectivity index (χ3n) is 4.61. The molecule has 0 saturated carbocycles. The minimum atomic E-state index is 0.365. The smallest absolute Gasteiger partial charge is 0.221 e. The molecule has 2 aromatic carbocycles. The molecule has 1 amide bonds. The van der Waals surface area contributed by atoms with Gasteiger partial charge in [-0.1, -0.05) is 12.1 Å². The summed E-state index contributed by atoms with van der Waals surface area (Å²) in [7, 11) is 3.45. The molecule has 0 aliphatic rings. The van der Waals surface area contributed by atoms with Crippen molar-refractivity contribution >= 4 is 12.1 Å². The molecule has 0 saturated heterocycles. The Morgan fingerprint density at radius 3 is 2.42 bits per heavy atom. The second-order valence-corrected chi connectivity index (χ2v) is 6.79. The molecule has 0 aliphatic carbocycles. The van der Waals surface area contributed by atoms with Crippen molar-refractivity contribution in [2.75, 3.05) is 19.2 Å². The monoisotopic (exact) mass is 423 g/mol. The van der Waals surface area contributed by atoms with Crippen LogP contribution in [0.3, 0.4) is 0 Å². The number of pyridine rings is 1. The number of hydrogen-bond donors (Lipinski definition) is 3. The van der Waals surface area contributed by atoms with E-state index in [4.69, 9.17) is 20.1 Å². The van der Waals surface area contributed by atoms with E-state index in [0.29, 0.717) is 13.0 Å². The van der Waals surface area contributed by atoms with Gasteiger partial charge < -0.3 is 14.5 Å². The lowest BCUT2D eigenvalue weighted by atomic mass is 10.0. The number of aryl methyl sites for hydroxylation is 2. The van der Waals surface area contributed by atoms with Gasteiger partial charge in [-0.3, -0.25) is 15.2 Å². The first-order valence-corrected chi connectivity index (χ1v) is 9.62. The summed E-state index contributed by atoms with van der Waals surface area (Å²) in [6, 6.07) is 15.9. The second-order valence-electron chi connectivity index (χ2n) is 6.79. The number of nitrogens with two attached hydrogens (primary N) is 2. The maximum Gasteiger partial charge on any atom is 0.221 e. The van der Waals surface area contributed by atoms with E-state index in [1.165, 1.54) is 0 Å². The van der Waals surface area contributed by atoms with Gasteiger partial charge in [0.1, 0.15) is 18.1 Å². The van der Waals surface area contributed by atoms with Crippen LogP contribution in [0.1, 0.15) is 16.7 Å². The fourth-order valence-corrected chi connectivity index (χ4v) is 3.12. The SMILES string of the molecule is COc1cccc(N(C)N)c1COc1ccc(-c2ncccc2C)cc1C.NNC=O. The predicted molar refractivity (Wildman–Crippen MR) is 122 cm³/mol. The highest BCUT2D eigenvalue weighted by molar-refractivity contribution is 5.65. The molecule has 0 bridgehead atoms. The Kier molecular flexibility index (Phi) is 8.80. The van der Waals surface area contributed by atoms with Gasteiger partial charge >= 0.3 is 0 Å². The van der Waals surface area contributed by atoms with Crippen LogP contribution in [0.2, 0.25) is 0 Å². The number of rotatable bonds is 7. The number of hydrazine groups is 2. The van der Waals surface area contributed by atoms with Crippen molar-refractivity contribution in [1.82, 2.24) is 10.4 Å². The molecular formula is C23H29N5O3. The first-order chi connectivity index (χ1) is 14.9. The fourth-order valence-electron chi connectivity index (χ4n) is 3.12. The largest absolute Gasteiger partial charge is 0.496 e. The molecule has 8 heteroatoms. The van der Waals surface area contributed by atoms with E-state index in [2.05, 4.69) is 29.9 Å². The van der Waals surface area contributed by atoms with Crippen LogP contribution in [0, 0.1) is 13.8 Å². The van der Waals surface area contributed by atoms with Crippen molar-refractivity contribution in [1.29, 1.82) is 0 Å². The van der Waals surface area contributed by atoms with E-state index in [9.17, 15) is 0 Å². The van der Waals surface area contributed by atoms with E-state index < -0.39 is 0 Å². The number of amides is 1. The maximum atomic E-state index is 8.94. The molecule has 31 heavy (non-hydrogen) atoms. The summed E-state index contributed by atoms with van der Waals surface area (Å²) in [4.78, 5) is 13.4. The minimum Gasteiger partial charge on any atom is -0.496 e. The van der Waals surface area contributed by atoms with Crippen LogP contribution in [0.4, 0.5) is 5.69 Å². The summed E-state index contributed by atoms with van der Waals surface area (Å²) in [5.74, 6) is 11.9. The number of benzene rings is 2. The Morgan fingerprint density at radius 1 is 1.10 bits per heavy atom. The van der Waals surface area contributed by atoms with Gasteiger partial charge in [-0.15, -0.1) is 0 Å². The van der Waals surface area contributed by atoms with E-state index >= 15 is 0 Å². The number of methoxy groups -OCH3 is 1. The Balaban J connectivity index is 0.000000785. The standard InChI is InChI=1S/C22H25N3O2.CH4N2O/c1-15-7-6-12-24-22(15)17-10-11-20(16(2)13-17)27-14-18-19(25(3)23)8-5-9-21(18)26-4;2-3-1-4/h5-13H,14,23H2,1-4H3;1H,2H2,(H,3,4). The molecular weight excluding hydrogens is 394 g/mol. The van der Waals surface area contributed by atoms with Gasteiger partial charge in [0.2, 0.25) is 6.41 Å². The zero-order chi connectivity index (χ0) is 22.8. The molecule has 1 heterocycles. The van der Waals surface area contributed by atoms with Gasteiger partial charge in [0.15, 0.2) is 0 Å². The number of nitrogens with one attached hydrogen (secondary N) is 1. The molecule has 0 fully saturated rings. The summed E-state index contributed by atoms with van der Waals surface area (Å²) in [6.45, 7) is 4.47. The molecule has 8 nitrogen and oxygen atoms in total. The molecule has 164 valence electrons. The summed E-state index contributed by atoms with van der Waals surface area (Å²) < 4.78 is 11.6. The van der Waals surface area contributed by atoms with E-state index in [1.807, 2.05) is 49.5 Å². The van der Waals surface area contributed by atoms with Gasteiger partial charge in [0.25, 0.3) is 0 Å². The summed E-state index contributed by atoms with van der Waals surface area (Å²) >= 11 is 0. The van der Waals surface area contributed by atoms with Crippen LogP contribution in [-0.2, 0) is 11.4 Å². The lowest BCUT2D eigenvalue weighted by molar-refractivity contribution is -0.109. The number of anilines is 1. The van der Waals surface area contributed by atoms with Gasteiger partial charge in [-0.05, 0) is 61.4 Å². The Hall–Kier alpha value is -3.62. The van der Waals surface area contributed by atoms with Gasteiger partial charge in [0.05, 0.1) is 24.1 Å². The average molecular weight is 424 g/mol. The van der Waals surface area contributed by atoms with Gasteiger partial charge in [-0.2, -0.15) is 0 Å². The van der Waals surface area contributed by atoms with Crippen LogP contribution in [0.5, 0.6) is 11.5 Å². The Morgan fingerprint density at radius 2 is 1.84 bits per heavy atom. The van der Waals surface area contributed by atoms with Crippen molar-refractivity contribution in [3.63, 3.8) is 0 Å². The molecule has 3 aromatic rings. The van der Waals surface area contributed by atoms with Crippen LogP contribution < -0.4 is 31.6 Å². The highest BCUT2D eigenvalue weighted by Crippen LogP contribution is 2.31. The highest BCUT2D eigenvalue weighted by Gasteiger charge is 2.13. The molecule has 3 rings (SSSR count). The molecule has 0 radical (unpaired) electrons. The normalized spacial score (nSPS) is 9.87. The van der Waals surface area contributed by atoms with Crippen LogP contribution in [0.25, 0.3) is 11.3 Å². The van der Waals surface area contributed by atoms with E-state index in [-0.39, 0.29) is 0 Å². The van der Waals surface area contributed by atoms with E-state index in [0.717, 1.165) is 45.1 Å². The van der Waals surface area contributed by atoms with Crippen molar-refractivity contribution in [2.45, 2.75) is 20.5 Å². The number of carbonyl (C=O) groups excluding carboxylic acids is 1. The molecule has 1 aromatic heterocycles. The third kappa shape index (κ3) is 6.18. The zero-order valence-electron chi connectivity index (χ0n) is 18.3. The predicted octanol–water partition coefficient (Wildman–Crippen LogP) is 2.87. The fraction of sp³-hybridized carbons (Fsp3) is 0.217. The molecule has 0 aliphatic heterocycles. The average Bonchev–Trinajstić information content (AvgIpc) is 2.78. The Bertz CT molecular complexity index is 1010. The quantitative estimate of drug-likeness (QED) is 0.232. The molecule has 0 atom stereocenters. The molecule has 0 unspecified atom stereocenters. The second kappa shape index (κ2) is 11.5. The van der Waals surface area contributed by atoms with Gasteiger partial charge in [-0.25, -0.2) is 11.7 Å².